The molecule has 194 valence electrons. The number of fused-ring (bicyclic) bond motifs is 2. The van der Waals surface area contributed by atoms with Crippen LogP contribution < -0.4 is 0 Å². The molecule has 2 N–H and O–H groups in total. The van der Waals surface area contributed by atoms with Crippen molar-refractivity contribution >= 4 is 5.78 Å². The monoisotopic (exact) mass is 523 g/mol. The molecule has 39 heavy (non-hydrogen) atoms. The van der Waals surface area contributed by atoms with Crippen LogP contribution in [0.25, 0.3) is 0 Å². The zero-order chi connectivity index (χ0) is 27.7. The summed E-state index contributed by atoms with van der Waals surface area (Å²) in [5.41, 5.74) is 1.64. The van der Waals surface area contributed by atoms with Crippen LogP contribution in [-0.4, -0.2) is 16.1 Å². The van der Waals surface area contributed by atoms with Gasteiger partial charge in [0.15, 0.2) is 11.4 Å². The summed E-state index contributed by atoms with van der Waals surface area (Å²) in [7, 11) is 0. The summed E-state index contributed by atoms with van der Waals surface area (Å²) in [6.45, 7) is 1.43. The maximum absolute atomic E-state index is 14.0. The predicted molar refractivity (Wildman–Crippen MR) is 140 cm³/mol. The molecule has 0 fully saturated rings. The van der Waals surface area contributed by atoms with Gasteiger partial charge in [0.2, 0.25) is 0 Å². The van der Waals surface area contributed by atoms with Gasteiger partial charge in [-0.2, -0.15) is 5.26 Å². The third-order valence-electron chi connectivity index (χ3n) is 7.22. The highest BCUT2D eigenvalue weighted by atomic mass is 19.1. The standard InChI is InChI=1S/C30H20F2O4.C2H3N/c31-19-13-9-17(10-14-19)25-21-5-1-2-6-22(21)28(33)26(25)27-29(34)23-7-3-4-8-24(23)30(27,36-35)18-11-15-20(32)16-12-18;1-2-3/h1-16,25,29,34-35H;1H3/b27-26+;/t25-,29-,30-;/m1./s1. The van der Waals surface area contributed by atoms with E-state index in [1.807, 2.05) is 12.1 Å². The Hall–Kier alpha value is -4.48. The lowest BCUT2D eigenvalue weighted by atomic mass is 9.78. The van der Waals surface area contributed by atoms with E-state index in [4.69, 9.17) is 10.1 Å². The molecule has 0 spiro atoms. The van der Waals surface area contributed by atoms with E-state index in [0.29, 0.717) is 33.4 Å². The average molecular weight is 524 g/mol. The number of aliphatic hydroxyl groups excluding tert-OH is 1. The molecule has 0 radical (unpaired) electrons. The van der Waals surface area contributed by atoms with Gasteiger partial charge in [0.25, 0.3) is 0 Å². The van der Waals surface area contributed by atoms with E-state index in [9.17, 15) is 23.9 Å². The van der Waals surface area contributed by atoms with Gasteiger partial charge in [0.05, 0.1) is 6.07 Å². The lowest BCUT2D eigenvalue weighted by Gasteiger charge is -2.32. The molecule has 0 heterocycles. The first-order valence-electron chi connectivity index (χ1n) is 12.2. The van der Waals surface area contributed by atoms with Gasteiger partial charge >= 0.3 is 0 Å². The summed E-state index contributed by atoms with van der Waals surface area (Å²) in [5, 5.41) is 29.5. The van der Waals surface area contributed by atoms with Crippen LogP contribution in [0.15, 0.2) is 108 Å². The highest BCUT2D eigenvalue weighted by Gasteiger charge is 2.55. The molecule has 7 heteroatoms. The fourth-order valence-corrected chi connectivity index (χ4v) is 5.70. The lowest BCUT2D eigenvalue weighted by molar-refractivity contribution is -0.303. The number of hydrogen-bond acceptors (Lipinski definition) is 5. The van der Waals surface area contributed by atoms with Crippen LogP contribution in [0.4, 0.5) is 8.78 Å². The first-order valence-corrected chi connectivity index (χ1v) is 12.2. The van der Waals surface area contributed by atoms with Crippen molar-refractivity contribution in [1.82, 2.24) is 0 Å². The van der Waals surface area contributed by atoms with Crippen LogP contribution in [0.2, 0.25) is 0 Å². The number of ketones is 1. The second-order valence-corrected chi connectivity index (χ2v) is 9.22. The quantitative estimate of drug-likeness (QED) is 0.179. The van der Waals surface area contributed by atoms with Crippen molar-refractivity contribution in [1.29, 1.82) is 5.26 Å². The molecule has 4 aromatic rings. The van der Waals surface area contributed by atoms with Crippen LogP contribution in [0.3, 0.4) is 0 Å². The molecule has 0 aliphatic heterocycles. The number of Topliss-reactive ketones (excluding diaryl/α,β-unsaturated/α-hetero) is 1. The van der Waals surface area contributed by atoms with Crippen molar-refractivity contribution in [3.8, 4) is 6.07 Å². The SMILES string of the molecule is CC#N.O=C1/C(=C2\[C@H](O)c3ccccc3[C@]2(OO)c2ccc(F)cc2)[C@H](c2ccc(F)cc2)c2ccccc21. The van der Waals surface area contributed by atoms with Crippen molar-refractivity contribution in [2.45, 2.75) is 24.5 Å². The van der Waals surface area contributed by atoms with Gasteiger partial charge in [0, 0.05) is 35.1 Å². The highest BCUT2D eigenvalue weighted by Crippen LogP contribution is 2.58. The first kappa shape index (κ1) is 26.1. The largest absolute Gasteiger partial charge is 0.384 e. The number of nitrogens with zero attached hydrogens (tertiary/aromatic N) is 1. The molecule has 5 nitrogen and oxygen atoms in total. The Labute approximate surface area is 223 Å². The minimum absolute atomic E-state index is 0.147. The molecule has 4 aromatic carbocycles. The van der Waals surface area contributed by atoms with E-state index in [-0.39, 0.29) is 16.9 Å². The fourth-order valence-electron chi connectivity index (χ4n) is 5.70. The maximum atomic E-state index is 14.0. The minimum Gasteiger partial charge on any atom is -0.384 e. The smallest absolute Gasteiger partial charge is 0.190 e. The number of allylic oxidation sites excluding steroid dienone is 1. The Morgan fingerprint density at radius 3 is 2.00 bits per heavy atom. The van der Waals surface area contributed by atoms with Crippen molar-refractivity contribution in [2.75, 3.05) is 0 Å². The second kappa shape index (κ2) is 10.4. The van der Waals surface area contributed by atoms with E-state index in [1.54, 1.807) is 54.6 Å². The molecule has 0 unspecified atom stereocenters. The van der Waals surface area contributed by atoms with E-state index in [1.165, 1.54) is 43.3 Å². The molecule has 0 saturated carbocycles. The third kappa shape index (κ3) is 4.06. The topological polar surface area (TPSA) is 90.6 Å². The molecular formula is C32H23F2NO4. The fraction of sp³-hybridized carbons (Fsp3) is 0.125. The van der Waals surface area contributed by atoms with Crippen molar-refractivity contribution < 1.29 is 28.8 Å². The number of rotatable bonds is 3. The summed E-state index contributed by atoms with van der Waals surface area (Å²) in [5.74, 6) is -1.88. The Morgan fingerprint density at radius 1 is 0.846 bits per heavy atom. The van der Waals surface area contributed by atoms with Crippen LogP contribution in [0.1, 0.15) is 57.1 Å². The van der Waals surface area contributed by atoms with E-state index in [0.717, 1.165) is 0 Å². The summed E-state index contributed by atoms with van der Waals surface area (Å²) in [4.78, 5) is 19.2. The van der Waals surface area contributed by atoms with Gasteiger partial charge < -0.3 is 5.11 Å². The zero-order valence-corrected chi connectivity index (χ0v) is 20.8. The van der Waals surface area contributed by atoms with Gasteiger partial charge in [0.1, 0.15) is 17.7 Å². The molecule has 2 aliphatic carbocycles. The Morgan fingerprint density at radius 2 is 1.38 bits per heavy atom. The second-order valence-electron chi connectivity index (χ2n) is 9.22. The molecule has 0 amide bonds. The van der Waals surface area contributed by atoms with Crippen LogP contribution in [-0.2, 0) is 10.5 Å². The number of halogens is 2. The molecule has 2 aliphatic rings. The van der Waals surface area contributed by atoms with Gasteiger partial charge in [-0.25, -0.2) is 13.7 Å². The van der Waals surface area contributed by atoms with Gasteiger partial charge in [-0.1, -0.05) is 72.8 Å². The van der Waals surface area contributed by atoms with Gasteiger partial charge in [-0.15, -0.1) is 0 Å². The number of benzene rings is 4. The van der Waals surface area contributed by atoms with E-state index >= 15 is 0 Å². The summed E-state index contributed by atoms with van der Waals surface area (Å²) < 4.78 is 27.7. The molecule has 0 aromatic heterocycles. The molecule has 0 saturated heterocycles. The highest BCUT2D eigenvalue weighted by molar-refractivity contribution is 6.16. The summed E-state index contributed by atoms with van der Waals surface area (Å²) >= 11 is 0. The lowest BCUT2D eigenvalue weighted by Crippen LogP contribution is -2.32. The molecule has 6 rings (SSSR count). The molecule has 0 bridgehead atoms. The third-order valence-corrected chi connectivity index (χ3v) is 7.22. The average Bonchev–Trinajstić information content (AvgIpc) is 3.38. The maximum Gasteiger partial charge on any atom is 0.190 e. The van der Waals surface area contributed by atoms with Crippen LogP contribution in [0.5, 0.6) is 0 Å². The van der Waals surface area contributed by atoms with Crippen molar-refractivity contribution in [3.63, 3.8) is 0 Å². The van der Waals surface area contributed by atoms with Crippen LogP contribution >= 0.6 is 0 Å². The zero-order valence-electron chi connectivity index (χ0n) is 20.8. The van der Waals surface area contributed by atoms with Gasteiger partial charge in [-0.3, -0.25) is 10.1 Å². The van der Waals surface area contributed by atoms with Crippen molar-refractivity contribution in [3.05, 3.63) is 153 Å². The first-order chi connectivity index (χ1) is 18.9. The molecular weight excluding hydrogens is 500 g/mol. The number of hydrogen-bond donors (Lipinski definition) is 2. The van der Waals surface area contributed by atoms with Crippen LogP contribution in [0, 0.1) is 23.0 Å². The Bertz CT molecular complexity index is 1620. The van der Waals surface area contributed by atoms with Crippen molar-refractivity contribution in [2.24, 2.45) is 0 Å². The number of nitriles is 1. The summed E-state index contributed by atoms with van der Waals surface area (Å²) in [6.07, 6.45) is -1.30. The Balaban J connectivity index is 0.000000983. The normalized spacial score (nSPS) is 22.9. The molecule has 3 atom stereocenters. The predicted octanol–water partition coefficient (Wildman–Crippen LogP) is 6.60. The summed E-state index contributed by atoms with van der Waals surface area (Å²) in [6, 6.07) is 26.9. The minimum atomic E-state index is -1.77. The van der Waals surface area contributed by atoms with Gasteiger partial charge in [-0.05, 0) is 46.5 Å². The number of aliphatic hydroxyl groups is 1. The van der Waals surface area contributed by atoms with E-state index in [2.05, 4.69) is 0 Å². The number of carbonyl (C=O) groups is 1. The number of carbonyl (C=O) groups excluding carboxylic acids is 1. The Kier molecular flexibility index (Phi) is 6.94. The van der Waals surface area contributed by atoms with E-state index < -0.39 is 29.3 Å².